The van der Waals surface area contributed by atoms with Crippen LogP contribution in [-0.4, -0.2) is 38.2 Å². The molecule has 1 amide bonds. The van der Waals surface area contributed by atoms with Gasteiger partial charge >= 0.3 is 6.18 Å². The second-order valence-electron chi connectivity index (χ2n) is 4.80. The van der Waals surface area contributed by atoms with Crippen LogP contribution in [0.15, 0.2) is 35.3 Å². The largest absolute Gasteiger partial charge is 0.390 e. The zero-order valence-corrected chi connectivity index (χ0v) is 12.9. The quantitative estimate of drug-likeness (QED) is 0.528. The third kappa shape index (κ3) is 9.38. The number of benzene rings is 1. The Morgan fingerprint density at radius 1 is 1.09 bits per heavy atom. The van der Waals surface area contributed by atoms with Gasteiger partial charge in [-0.05, 0) is 5.56 Å². The summed E-state index contributed by atoms with van der Waals surface area (Å²) < 4.78 is 36.1. The number of amides is 1. The standard InChI is InChI=1S/C15H21F3N4O/c1-19-14(21-10-8-15(16,17)18)20-9-7-13(23)22-11-12-5-3-2-4-6-12/h2-6H,7-11H2,1H3,(H,22,23)(H2,19,20,21). The van der Waals surface area contributed by atoms with E-state index in [1.165, 1.54) is 7.05 Å². The maximum absolute atomic E-state index is 12.0. The number of aliphatic imine (C=N–C) groups is 1. The fourth-order valence-electron chi connectivity index (χ4n) is 1.72. The van der Waals surface area contributed by atoms with E-state index in [9.17, 15) is 18.0 Å². The molecule has 0 bridgehead atoms. The molecular formula is C15H21F3N4O. The average molecular weight is 330 g/mol. The molecule has 5 nitrogen and oxygen atoms in total. The molecule has 0 aliphatic heterocycles. The van der Waals surface area contributed by atoms with Crippen LogP contribution in [0.2, 0.25) is 0 Å². The molecule has 0 heterocycles. The van der Waals surface area contributed by atoms with Crippen LogP contribution in [-0.2, 0) is 11.3 Å². The molecule has 0 saturated heterocycles. The van der Waals surface area contributed by atoms with Crippen molar-refractivity contribution in [1.29, 1.82) is 0 Å². The molecule has 23 heavy (non-hydrogen) atoms. The number of carbonyl (C=O) groups excluding carboxylic acids is 1. The third-order valence-corrected chi connectivity index (χ3v) is 2.90. The van der Waals surface area contributed by atoms with Crippen molar-refractivity contribution in [2.75, 3.05) is 20.1 Å². The Hall–Kier alpha value is -2.25. The lowest BCUT2D eigenvalue weighted by atomic mass is 10.2. The highest BCUT2D eigenvalue weighted by Gasteiger charge is 2.26. The zero-order valence-electron chi connectivity index (χ0n) is 12.9. The number of alkyl halides is 3. The van der Waals surface area contributed by atoms with Crippen LogP contribution < -0.4 is 16.0 Å². The van der Waals surface area contributed by atoms with Gasteiger partial charge in [0.1, 0.15) is 0 Å². The number of nitrogens with zero attached hydrogens (tertiary/aromatic N) is 1. The van der Waals surface area contributed by atoms with Gasteiger partial charge in [-0.3, -0.25) is 9.79 Å². The highest BCUT2D eigenvalue weighted by Crippen LogP contribution is 2.17. The van der Waals surface area contributed by atoms with Gasteiger partial charge in [0.2, 0.25) is 5.91 Å². The summed E-state index contributed by atoms with van der Waals surface area (Å²) in [5, 5.41) is 8.11. The van der Waals surface area contributed by atoms with Gasteiger partial charge in [-0.15, -0.1) is 0 Å². The first-order valence-corrected chi connectivity index (χ1v) is 7.22. The van der Waals surface area contributed by atoms with Crippen LogP contribution in [0.3, 0.4) is 0 Å². The Labute approximate surface area is 133 Å². The van der Waals surface area contributed by atoms with Crippen molar-refractivity contribution in [3.63, 3.8) is 0 Å². The van der Waals surface area contributed by atoms with E-state index >= 15 is 0 Å². The van der Waals surface area contributed by atoms with Crippen LogP contribution in [0.5, 0.6) is 0 Å². The molecule has 0 aliphatic rings. The van der Waals surface area contributed by atoms with Crippen molar-refractivity contribution in [2.24, 2.45) is 4.99 Å². The summed E-state index contributed by atoms with van der Waals surface area (Å²) >= 11 is 0. The normalized spacial score (nSPS) is 11.9. The van der Waals surface area contributed by atoms with E-state index < -0.39 is 12.6 Å². The Balaban J connectivity index is 2.17. The minimum atomic E-state index is -4.21. The average Bonchev–Trinajstić information content (AvgIpc) is 2.51. The molecule has 0 fully saturated rings. The Bertz CT molecular complexity index is 503. The van der Waals surface area contributed by atoms with Gasteiger partial charge in [0.05, 0.1) is 6.42 Å². The van der Waals surface area contributed by atoms with Crippen molar-refractivity contribution >= 4 is 11.9 Å². The number of halogens is 3. The SMILES string of the molecule is CN=C(NCCC(=O)NCc1ccccc1)NCCC(F)(F)F. The zero-order chi connectivity index (χ0) is 17.1. The van der Waals surface area contributed by atoms with Crippen molar-refractivity contribution < 1.29 is 18.0 Å². The molecule has 1 aromatic rings. The smallest absolute Gasteiger partial charge is 0.356 e. The van der Waals surface area contributed by atoms with E-state index in [0.717, 1.165) is 5.56 Å². The highest BCUT2D eigenvalue weighted by molar-refractivity contribution is 5.81. The molecule has 0 aromatic heterocycles. The molecule has 8 heteroatoms. The van der Waals surface area contributed by atoms with Crippen LogP contribution >= 0.6 is 0 Å². The van der Waals surface area contributed by atoms with Crippen molar-refractivity contribution in [1.82, 2.24) is 16.0 Å². The Kier molecular flexibility index (Phi) is 7.93. The van der Waals surface area contributed by atoms with Crippen LogP contribution in [0.1, 0.15) is 18.4 Å². The van der Waals surface area contributed by atoms with Gasteiger partial charge < -0.3 is 16.0 Å². The summed E-state index contributed by atoms with van der Waals surface area (Å²) in [7, 11) is 1.46. The first kappa shape index (κ1) is 18.8. The maximum Gasteiger partial charge on any atom is 0.390 e. The lowest BCUT2D eigenvalue weighted by molar-refractivity contribution is -0.132. The van der Waals surface area contributed by atoms with E-state index in [1.807, 2.05) is 30.3 Å². The summed E-state index contributed by atoms with van der Waals surface area (Å²) in [4.78, 5) is 15.5. The van der Waals surface area contributed by atoms with E-state index in [1.54, 1.807) is 0 Å². The van der Waals surface area contributed by atoms with Gasteiger partial charge in [0.25, 0.3) is 0 Å². The second-order valence-corrected chi connectivity index (χ2v) is 4.80. The van der Waals surface area contributed by atoms with Crippen molar-refractivity contribution in [3.05, 3.63) is 35.9 Å². The predicted molar refractivity (Wildman–Crippen MR) is 82.9 cm³/mol. The molecule has 128 valence electrons. The fraction of sp³-hybridized carbons (Fsp3) is 0.467. The van der Waals surface area contributed by atoms with E-state index in [2.05, 4.69) is 20.9 Å². The molecule has 0 saturated carbocycles. The van der Waals surface area contributed by atoms with Gasteiger partial charge in [-0.1, -0.05) is 30.3 Å². The monoisotopic (exact) mass is 330 g/mol. The molecule has 0 atom stereocenters. The lowest BCUT2D eigenvalue weighted by Crippen LogP contribution is -2.40. The molecule has 1 aromatic carbocycles. The molecule has 0 spiro atoms. The summed E-state index contributed by atoms with van der Waals surface area (Å²) in [6.07, 6.45) is -4.94. The van der Waals surface area contributed by atoms with Gasteiger partial charge in [-0.2, -0.15) is 13.2 Å². The fourth-order valence-corrected chi connectivity index (χ4v) is 1.72. The minimum absolute atomic E-state index is 0.146. The third-order valence-electron chi connectivity index (χ3n) is 2.90. The topological polar surface area (TPSA) is 65.5 Å². The van der Waals surface area contributed by atoms with Gasteiger partial charge in [-0.25, -0.2) is 0 Å². The van der Waals surface area contributed by atoms with E-state index in [-0.39, 0.29) is 31.4 Å². The number of guanidine groups is 1. The molecule has 1 rings (SSSR count). The number of carbonyl (C=O) groups is 1. The number of hydrogen-bond acceptors (Lipinski definition) is 2. The Morgan fingerprint density at radius 3 is 2.35 bits per heavy atom. The van der Waals surface area contributed by atoms with Crippen molar-refractivity contribution in [3.8, 4) is 0 Å². The van der Waals surface area contributed by atoms with Crippen LogP contribution in [0.25, 0.3) is 0 Å². The van der Waals surface area contributed by atoms with Gasteiger partial charge in [0.15, 0.2) is 5.96 Å². The molecule has 0 aliphatic carbocycles. The molecule has 0 unspecified atom stereocenters. The lowest BCUT2D eigenvalue weighted by Gasteiger charge is -2.12. The molecular weight excluding hydrogens is 309 g/mol. The van der Waals surface area contributed by atoms with Crippen LogP contribution in [0.4, 0.5) is 13.2 Å². The molecule has 3 N–H and O–H groups in total. The number of hydrogen-bond donors (Lipinski definition) is 3. The molecule has 0 radical (unpaired) electrons. The first-order chi connectivity index (χ1) is 10.9. The summed E-state index contributed by atoms with van der Waals surface area (Å²) in [6, 6.07) is 9.49. The number of rotatable bonds is 7. The number of nitrogens with one attached hydrogen (secondary N) is 3. The van der Waals surface area contributed by atoms with E-state index in [4.69, 9.17) is 0 Å². The van der Waals surface area contributed by atoms with E-state index in [0.29, 0.717) is 6.54 Å². The minimum Gasteiger partial charge on any atom is -0.356 e. The van der Waals surface area contributed by atoms with Crippen molar-refractivity contribution in [2.45, 2.75) is 25.6 Å². The summed E-state index contributed by atoms with van der Waals surface area (Å²) in [5.41, 5.74) is 0.999. The highest BCUT2D eigenvalue weighted by atomic mass is 19.4. The predicted octanol–water partition coefficient (Wildman–Crippen LogP) is 1.81. The maximum atomic E-state index is 12.0. The second kappa shape index (κ2) is 9.70. The summed E-state index contributed by atoms with van der Waals surface area (Å²) in [6.45, 7) is 0.466. The van der Waals surface area contributed by atoms with Gasteiger partial charge in [0, 0.05) is 33.1 Å². The Morgan fingerprint density at radius 2 is 1.74 bits per heavy atom. The van der Waals surface area contributed by atoms with Crippen LogP contribution in [0, 0.1) is 0 Å². The summed E-state index contributed by atoms with van der Waals surface area (Å²) in [5.74, 6) is 0.0946. The first-order valence-electron chi connectivity index (χ1n) is 7.22.